The maximum atomic E-state index is 12.5. The molecule has 0 aromatic heterocycles. The largest absolute Gasteiger partial charge is 0.497 e. The average molecular weight is 315 g/mol. The fourth-order valence-electron chi connectivity index (χ4n) is 2.11. The number of amides is 1. The molecule has 2 aromatic carbocycles. The Labute approximate surface area is 136 Å². The molecule has 5 heteroatoms. The number of methoxy groups -OCH3 is 2. The molecule has 1 amide bonds. The Morgan fingerprint density at radius 1 is 1.04 bits per heavy atom. The Bertz CT molecular complexity index is 643. The minimum atomic E-state index is -0.590. The maximum absolute atomic E-state index is 12.5. The van der Waals surface area contributed by atoms with Gasteiger partial charge in [0.2, 0.25) is 0 Å². The van der Waals surface area contributed by atoms with E-state index in [0.717, 1.165) is 0 Å². The first kappa shape index (κ1) is 16.7. The van der Waals surface area contributed by atoms with Crippen molar-refractivity contribution >= 4 is 11.6 Å². The Morgan fingerprint density at radius 3 is 2.39 bits per heavy atom. The maximum Gasteiger partial charge on any atom is 0.265 e. The van der Waals surface area contributed by atoms with Gasteiger partial charge in [0.1, 0.15) is 17.2 Å². The van der Waals surface area contributed by atoms with Gasteiger partial charge >= 0.3 is 0 Å². The lowest BCUT2D eigenvalue weighted by Gasteiger charge is -2.18. The molecule has 0 bridgehead atoms. The second-order valence-corrected chi connectivity index (χ2v) is 4.88. The lowest BCUT2D eigenvalue weighted by Crippen LogP contribution is -2.32. The Balaban J connectivity index is 2.13. The van der Waals surface area contributed by atoms with E-state index in [0.29, 0.717) is 29.4 Å². The third-order valence-corrected chi connectivity index (χ3v) is 3.35. The minimum absolute atomic E-state index is 0.233. The lowest BCUT2D eigenvalue weighted by molar-refractivity contribution is -0.122. The molecule has 1 N–H and O–H groups in total. The minimum Gasteiger partial charge on any atom is -0.497 e. The fourth-order valence-corrected chi connectivity index (χ4v) is 2.11. The molecule has 0 radical (unpaired) electrons. The van der Waals surface area contributed by atoms with Gasteiger partial charge in [0.05, 0.1) is 19.9 Å². The molecule has 0 aliphatic rings. The molecular weight excluding hydrogens is 294 g/mol. The summed E-state index contributed by atoms with van der Waals surface area (Å²) in [6.45, 7) is 1.90. The summed E-state index contributed by atoms with van der Waals surface area (Å²) in [6, 6.07) is 14.5. The van der Waals surface area contributed by atoms with E-state index in [1.165, 1.54) is 0 Å². The Hall–Kier alpha value is -2.69. The van der Waals surface area contributed by atoms with Gasteiger partial charge in [-0.1, -0.05) is 25.1 Å². The first-order valence-corrected chi connectivity index (χ1v) is 7.42. The van der Waals surface area contributed by atoms with Crippen molar-refractivity contribution in [1.29, 1.82) is 0 Å². The summed E-state index contributed by atoms with van der Waals surface area (Å²) in [4.78, 5) is 12.5. The van der Waals surface area contributed by atoms with Gasteiger partial charge in [0.15, 0.2) is 6.10 Å². The summed E-state index contributed by atoms with van der Waals surface area (Å²) >= 11 is 0. The number of para-hydroxylation sites is 1. The van der Waals surface area contributed by atoms with Gasteiger partial charge in [-0.3, -0.25) is 4.79 Å². The van der Waals surface area contributed by atoms with Crippen LogP contribution in [0.5, 0.6) is 17.2 Å². The number of nitrogens with one attached hydrogen (secondary N) is 1. The number of anilines is 1. The third kappa shape index (κ3) is 4.39. The second kappa shape index (κ2) is 8.08. The molecule has 0 heterocycles. The van der Waals surface area contributed by atoms with E-state index < -0.39 is 6.10 Å². The van der Waals surface area contributed by atoms with Crippen LogP contribution in [-0.2, 0) is 4.79 Å². The normalized spacial score (nSPS) is 11.4. The standard InChI is InChI=1S/C18H21NO4/c1-4-16(23-13-8-6-5-7-9-13)18(20)19-15-12-14(21-2)10-11-17(15)22-3/h5-12,16H,4H2,1-3H3,(H,19,20)/t16-/m1/s1. The van der Waals surface area contributed by atoms with Crippen molar-refractivity contribution in [3.8, 4) is 17.2 Å². The molecule has 2 aromatic rings. The number of hydrogen-bond donors (Lipinski definition) is 1. The molecule has 0 saturated heterocycles. The van der Waals surface area contributed by atoms with Gasteiger partial charge in [-0.2, -0.15) is 0 Å². The predicted octanol–water partition coefficient (Wildman–Crippen LogP) is 3.50. The molecule has 0 spiro atoms. The lowest BCUT2D eigenvalue weighted by atomic mass is 10.2. The molecule has 5 nitrogen and oxygen atoms in total. The van der Waals surface area contributed by atoms with Gasteiger partial charge < -0.3 is 19.5 Å². The van der Waals surface area contributed by atoms with Crippen molar-refractivity contribution in [3.05, 3.63) is 48.5 Å². The van der Waals surface area contributed by atoms with Crippen LogP contribution in [0.4, 0.5) is 5.69 Å². The van der Waals surface area contributed by atoms with E-state index >= 15 is 0 Å². The summed E-state index contributed by atoms with van der Waals surface area (Å²) in [5, 5.41) is 2.84. The topological polar surface area (TPSA) is 56.8 Å². The van der Waals surface area contributed by atoms with Crippen LogP contribution in [0.15, 0.2) is 48.5 Å². The molecule has 1 atom stereocenters. The summed E-state index contributed by atoms with van der Waals surface area (Å²) in [5.41, 5.74) is 0.548. The van der Waals surface area contributed by atoms with Crippen LogP contribution in [0.25, 0.3) is 0 Å². The van der Waals surface area contributed by atoms with E-state index in [-0.39, 0.29) is 5.91 Å². The average Bonchev–Trinajstić information content (AvgIpc) is 2.60. The summed E-state index contributed by atoms with van der Waals surface area (Å²) in [7, 11) is 3.12. The highest BCUT2D eigenvalue weighted by Crippen LogP contribution is 2.29. The Kier molecular flexibility index (Phi) is 5.86. The SMILES string of the molecule is CC[C@@H](Oc1ccccc1)C(=O)Nc1cc(OC)ccc1OC. The summed E-state index contributed by atoms with van der Waals surface area (Å²) < 4.78 is 16.2. The quantitative estimate of drug-likeness (QED) is 0.849. The highest BCUT2D eigenvalue weighted by molar-refractivity contribution is 5.95. The third-order valence-electron chi connectivity index (χ3n) is 3.35. The zero-order valence-electron chi connectivity index (χ0n) is 13.5. The zero-order chi connectivity index (χ0) is 16.7. The van der Waals surface area contributed by atoms with E-state index in [1.54, 1.807) is 32.4 Å². The highest BCUT2D eigenvalue weighted by Gasteiger charge is 2.20. The van der Waals surface area contributed by atoms with Gasteiger partial charge in [0.25, 0.3) is 5.91 Å². The predicted molar refractivity (Wildman–Crippen MR) is 89.3 cm³/mol. The zero-order valence-corrected chi connectivity index (χ0v) is 13.5. The summed E-state index contributed by atoms with van der Waals surface area (Å²) in [6.07, 6.45) is -0.0409. The second-order valence-electron chi connectivity index (χ2n) is 4.88. The van der Waals surface area contributed by atoms with Crippen molar-refractivity contribution in [2.24, 2.45) is 0 Å². The molecule has 23 heavy (non-hydrogen) atoms. The molecule has 0 unspecified atom stereocenters. The van der Waals surface area contributed by atoms with E-state index in [4.69, 9.17) is 14.2 Å². The van der Waals surface area contributed by atoms with Crippen LogP contribution in [0.1, 0.15) is 13.3 Å². The first-order chi connectivity index (χ1) is 11.2. The van der Waals surface area contributed by atoms with Crippen LogP contribution < -0.4 is 19.5 Å². The smallest absolute Gasteiger partial charge is 0.265 e. The molecular formula is C18H21NO4. The van der Waals surface area contributed by atoms with E-state index in [9.17, 15) is 4.79 Å². The number of rotatable bonds is 7. The molecule has 2 rings (SSSR count). The number of carbonyl (C=O) groups excluding carboxylic acids is 1. The number of hydrogen-bond acceptors (Lipinski definition) is 4. The van der Waals surface area contributed by atoms with Crippen molar-refractivity contribution < 1.29 is 19.0 Å². The molecule has 122 valence electrons. The van der Waals surface area contributed by atoms with E-state index in [1.807, 2.05) is 37.3 Å². The monoisotopic (exact) mass is 315 g/mol. The number of benzene rings is 2. The van der Waals surface area contributed by atoms with Crippen molar-refractivity contribution in [2.45, 2.75) is 19.4 Å². The van der Waals surface area contributed by atoms with Gasteiger partial charge in [-0.05, 0) is 30.7 Å². The molecule has 0 saturated carbocycles. The van der Waals surface area contributed by atoms with E-state index in [2.05, 4.69) is 5.32 Å². The van der Waals surface area contributed by atoms with Crippen molar-refractivity contribution in [1.82, 2.24) is 0 Å². The first-order valence-electron chi connectivity index (χ1n) is 7.42. The number of carbonyl (C=O) groups is 1. The molecule has 0 aliphatic carbocycles. The van der Waals surface area contributed by atoms with Crippen molar-refractivity contribution in [3.63, 3.8) is 0 Å². The molecule has 0 fully saturated rings. The van der Waals surface area contributed by atoms with Crippen LogP contribution in [0.3, 0.4) is 0 Å². The fraction of sp³-hybridized carbons (Fsp3) is 0.278. The van der Waals surface area contributed by atoms with Crippen LogP contribution in [0, 0.1) is 0 Å². The summed E-state index contributed by atoms with van der Waals surface area (Å²) in [5.74, 6) is 1.63. The number of ether oxygens (including phenoxy) is 3. The van der Waals surface area contributed by atoms with Crippen LogP contribution >= 0.6 is 0 Å². The van der Waals surface area contributed by atoms with Crippen LogP contribution in [0.2, 0.25) is 0 Å². The van der Waals surface area contributed by atoms with Gasteiger partial charge in [-0.15, -0.1) is 0 Å². The van der Waals surface area contributed by atoms with Gasteiger partial charge in [-0.25, -0.2) is 0 Å². The molecule has 0 aliphatic heterocycles. The highest BCUT2D eigenvalue weighted by atomic mass is 16.5. The van der Waals surface area contributed by atoms with Crippen molar-refractivity contribution in [2.75, 3.05) is 19.5 Å². The van der Waals surface area contributed by atoms with Gasteiger partial charge in [0, 0.05) is 6.07 Å². The van der Waals surface area contributed by atoms with Crippen LogP contribution in [-0.4, -0.2) is 26.2 Å². The Morgan fingerprint density at radius 2 is 1.78 bits per heavy atom.